The lowest BCUT2D eigenvalue weighted by Gasteiger charge is -2.08. The van der Waals surface area contributed by atoms with Crippen LogP contribution in [0.1, 0.15) is 25.7 Å². The van der Waals surface area contributed by atoms with Gasteiger partial charge in [-0.1, -0.05) is 23.7 Å². The molecule has 0 aliphatic rings. The SMILES string of the molecule is O=C(OCc1cc(=O)n2cc(Cl)ccc2n1)c1cccc(NC(=O)c2cccs2)c1. The molecular formula is C21H14ClN3O4S. The molecule has 9 heteroatoms. The molecule has 1 N–H and O–H groups in total. The van der Waals surface area contributed by atoms with Crippen molar-refractivity contribution in [1.82, 2.24) is 9.38 Å². The first-order valence-electron chi connectivity index (χ1n) is 8.79. The number of amides is 1. The molecule has 0 saturated carbocycles. The van der Waals surface area contributed by atoms with Crippen LogP contribution in [-0.2, 0) is 11.3 Å². The molecule has 3 aromatic heterocycles. The standard InChI is InChI=1S/C21H14ClN3O4S/c22-14-6-7-18-23-16(10-19(26)25(18)11-14)12-29-21(28)13-3-1-4-15(9-13)24-20(27)17-5-2-8-30-17/h1-11H,12H2,(H,24,27). The monoisotopic (exact) mass is 439 g/mol. The summed E-state index contributed by atoms with van der Waals surface area (Å²) in [4.78, 5) is 41.6. The molecule has 0 bridgehead atoms. The number of anilines is 1. The summed E-state index contributed by atoms with van der Waals surface area (Å²) in [6, 6.07) is 14.4. The lowest BCUT2D eigenvalue weighted by atomic mass is 10.2. The Labute approximate surface area is 179 Å². The first kappa shape index (κ1) is 19.8. The van der Waals surface area contributed by atoms with Crippen LogP contribution in [0.25, 0.3) is 5.65 Å². The lowest BCUT2D eigenvalue weighted by molar-refractivity contribution is 0.0467. The molecule has 150 valence electrons. The summed E-state index contributed by atoms with van der Waals surface area (Å²) in [7, 11) is 0. The molecule has 0 saturated heterocycles. The highest BCUT2D eigenvalue weighted by molar-refractivity contribution is 7.12. The second kappa shape index (κ2) is 8.48. The maximum atomic E-state index is 12.4. The van der Waals surface area contributed by atoms with E-state index in [4.69, 9.17) is 16.3 Å². The summed E-state index contributed by atoms with van der Waals surface area (Å²) in [5, 5.41) is 4.97. The highest BCUT2D eigenvalue weighted by Gasteiger charge is 2.12. The van der Waals surface area contributed by atoms with Crippen LogP contribution in [0.4, 0.5) is 5.69 Å². The Bertz CT molecular complexity index is 1300. The van der Waals surface area contributed by atoms with Crippen LogP contribution in [0.5, 0.6) is 0 Å². The van der Waals surface area contributed by atoms with E-state index in [1.165, 1.54) is 34.1 Å². The number of nitrogens with one attached hydrogen (secondary N) is 1. The first-order chi connectivity index (χ1) is 14.5. The smallest absolute Gasteiger partial charge is 0.338 e. The van der Waals surface area contributed by atoms with E-state index in [1.54, 1.807) is 42.5 Å². The average Bonchev–Trinajstić information content (AvgIpc) is 3.28. The number of fused-ring (bicyclic) bond motifs is 1. The molecule has 4 aromatic rings. The van der Waals surface area contributed by atoms with Gasteiger partial charge in [0.05, 0.1) is 21.2 Å². The summed E-state index contributed by atoms with van der Waals surface area (Å²) < 4.78 is 6.60. The third-order valence-electron chi connectivity index (χ3n) is 4.13. The number of benzene rings is 1. The van der Waals surface area contributed by atoms with Crippen molar-refractivity contribution in [3.05, 3.63) is 97.7 Å². The van der Waals surface area contributed by atoms with Gasteiger partial charge in [-0.25, -0.2) is 9.78 Å². The molecule has 1 amide bonds. The van der Waals surface area contributed by atoms with Gasteiger partial charge in [-0.15, -0.1) is 11.3 Å². The van der Waals surface area contributed by atoms with Gasteiger partial charge in [-0.3, -0.25) is 14.0 Å². The Morgan fingerprint density at radius 2 is 2.00 bits per heavy atom. The zero-order chi connectivity index (χ0) is 21.1. The fourth-order valence-corrected chi connectivity index (χ4v) is 3.53. The maximum absolute atomic E-state index is 12.4. The van der Waals surface area contributed by atoms with Gasteiger partial charge in [0, 0.05) is 18.0 Å². The predicted molar refractivity (Wildman–Crippen MR) is 114 cm³/mol. The minimum Gasteiger partial charge on any atom is -0.456 e. The highest BCUT2D eigenvalue weighted by Crippen LogP contribution is 2.16. The van der Waals surface area contributed by atoms with Crippen LogP contribution < -0.4 is 10.9 Å². The molecule has 0 aliphatic heterocycles. The van der Waals surface area contributed by atoms with Gasteiger partial charge in [0.25, 0.3) is 11.5 Å². The number of hydrogen-bond donors (Lipinski definition) is 1. The lowest BCUT2D eigenvalue weighted by Crippen LogP contribution is -2.16. The third kappa shape index (κ3) is 4.40. The molecule has 1 aromatic carbocycles. The molecule has 0 unspecified atom stereocenters. The largest absolute Gasteiger partial charge is 0.456 e. The van der Waals surface area contributed by atoms with E-state index in [0.717, 1.165) is 0 Å². The fourth-order valence-electron chi connectivity index (χ4n) is 2.75. The molecular weight excluding hydrogens is 426 g/mol. The molecule has 0 aliphatic carbocycles. The molecule has 0 spiro atoms. The number of nitrogens with zero attached hydrogens (tertiary/aromatic N) is 2. The van der Waals surface area contributed by atoms with Crippen molar-refractivity contribution in [2.24, 2.45) is 0 Å². The quantitative estimate of drug-likeness (QED) is 0.474. The minimum atomic E-state index is -0.597. The van der Waals surface area contributed by atoms with Gasteiger partial charge in [0.2, 0.25) is 0 Å². The van der Waals surface area contributed by atoms with E-state index in [0.29, 0.717) is 26.9 Å². The second-order valence-electron chi connectivity index (χ2n) is 6.25. The third-order valence-corrected chi connectivity index (χ3v) is 5.22. The number of pyridine rings is 1. The summed E-state index contributed by atoms with van der Waals surface area (Å²) in [5.74, 6) is -0.850. The maximum Gasteiger partial charge on any atom is 0.338 e. The summed E-state index contributed by atoms with van der Waals surface area (Å²) >= 11 is 7.22. The average molecular weight is 440 g/mol. The van der Waals surface area contributed by atoms with E-state index in [-0.39, 0.29) is 23.6 Å². The number of carbonyl (C=O) groups excluding carboxylic acids is 2. The first-order valence-corrected chi connectivity index (χ1v) is 10.1. The van der Waals surface area contributed by atoms with Crippen molar-refractivity contribution in [2.75, 3.05) is 5.32 Å². The molecule has 4 rings (SSSR count). The van der Waals surface area contributed by atoms with Gasteiger partial charge in [-0.05, 0) is 41.8 Å². The normalized spacial score (nSPS) is 10.7. The van der Waals surface area contributed by atoms with E-state index in [9.17, 15) is 14.4 Å². The number of carbonyl (C=O) groups is 2. The van der Waals surface area contributed by atoms with Crippen molar-refractivity contribution in [2.45, 2.75) is 6.61 Å². The second-order valence-corrected chi connectivity index (χ2v) is 7.63. The Balaban J connectivity index is 1.45. The van der Waals surface area contributed by atoms with Gasteiger partial charge < -0.3 is 10.1 Å². The summed E-state index contributed by atoms with van der Waals surface area (Å²) in [5.41, 5.74) is 1.13. The fraction of sp³-hybridized carbons (Fsp3) is 0.0476. The van der Waals surface area contributed by atoms with E-state index < -0.39 is 5.97 Å². The number of halogens is 1. The van der Waals surface area contributed by atoms with Crippen LogP contribution in [0.3, 0.4) is 0 Å². The van der Waals surface area contributed by atoms with Crippen LogP contribution >= 0.6 is 22.9 Å². The molecule has 0 radical (unpaired) electrons. The van der Waals surface area contributed by atoms with Crippen LogP contribution in [0.2, 0.25) is 5.02 Å². The minimum absolute atomic E-state index is 0.168. The summed E-state index contributed by atoms with van der Waals surface area (Å²) in [6.07, 6.45) is 1.47. The number of rotatable bonds is 5. The van der Waals surface area contributed by atoms with Crippen molar-refractivity contribution in [3.8, 4) is 0 Å². The zero-order valence-corrected chi connectivity index (χ0v) is 16.9. The van der Waals surface area contributed by atoms with Gasteiger partial charge >= 0.3 is 5.97 Å². The molecule has 0 fully saturated rings. The van der Waals surface area contributed by atoms with E-state index in [1.807, 2.05) is 5.38 Å². The van der Waals surface area contributed by atoms with Gasteiger partial charge in [0.15, 0.2) is 0 Å². The van der Waals surface area contributed by atoms with Crippen LogP contribution in [0, 0.1) is 0 Å². The number of aromatic nitrogens is 2. The van der Waals surface area contributed by atoms with Crippen molar-refractivity contribution in [1.29, 1.82) is 0 Å². The molecule has 0 atom stereocenters. The highest BCUT2D eigenvalue weighted by atomic mass is 35.5. The Kier molecular flexibility index (Phi) is 5.60. The number of hydrogen-bond acceptors (Lipinski definition) is 6. The Morgan fingerprint density at radius 1 is 1.13 bits per heavy atom. The number of esters is 1. The molecule has 30 heavy (non-hydrogen) atoms. The molecule has 3 heterocycles. The van der Waals surface area contributed by atoms with Crippen molar-refractivity contribution in [3.63, 3.8) is 0 Å². The van der Waals surface area contributed by atoms with E-state index >= 15 is 0 Å². The molecule has 7 nitrogen and oxygen atoms in total. The number of thiophene rings is 1. The van der Waals surface area contributed by atoms with Crippen molar-refractivity contribution < 1.29 is 14.3 Å². The van der Waals surface area contributed by atoms with Crippen LogP contribution in [-0.4, -0.2) is 21.3 Å². The van der Waals surface area contributed by atoms with Crippen LogP contribution in [0.15, 0.2) is 71.0 Å². The zero-order valence-electron chi connectivity index (χ0n) is 15.4. The topological polar surface area (TPSA) is 89.8 Å². The Hall–Kier alpha value is -3.49. The van der Waals surface area contributed by atoms with Gasteiger partial charge in [-0.2, -0.15) is 0 Å². The number of ether oxygens (including phenoxy) is 1. The predicted octanol–water partition coefficient (Wildman–Crippen LogP) is 4.02. The summed E-state index contributed by atoms with van der Waals surface area (Å²) in [6.45, 7) is -0.168. The van der Waals surface area contributed by atoms with E-state index in [2.05, 4.69) is 10.3 Å². The Morgan fingerprint density at radius 3 is 2.80 bits per heavy atom. The van der Waals surface area contributed by atoms with Gasteiger partial charge in [0.1, 0.15) is 12.3 Å². The van der Waals surface area contributed by atoms with Crippen molar-refractivity contribution >= 4 is 46.1 Å².